The normalized spacial score (nSPS) is 19.8. The smallest absolute Gasteiger partial charge is 0.143 e. The van der Waals surface area contributed by atoms with Crippen molar-refractivity contribution < 1.29 is 9.26 Å². The average Bonchev–Trinajstić information content (AvgIpc) is 2.76. The summed E-state index contributed by atoms with van der Waals surface area (Å²) in [5.41, 5.74) is 2.75. The summed E-state index contributed by atoms with van der Waals surface area (Å²) in [6.45, 7) is 7.98. The van der Waals surface area contributed by atoms with Crippen molar-refractivity contribution in [3.05, 3.63) is 23.1 Å². The molecule has 2 rings (SSSR count). The van der Waals surface area contributed by atoms with Gasteiger partial charge in [-0.15, -0.1) is 0 Å². The molecule has 6 heteroatoms. The van der Waals surface area contributed by atoms with Crippen molar-refractivity contribution in [3.8, 4) is 0 Å². The fraction of sp³-hybridized carbons (Fsp3) is 0.600. The van der Waals surface area contributed by atoms with Crippen LogP contribution in [0.15, 0.2) is 10.6 Å². The van der Waals surface area contributed by atoms with Crippen LogP contribution in [0.2, 0.25) is 0 Å². The summed E-state index contributed by atoms with van der Waals surface area (Å²) in [5, 5.41) is 12.4. The highest BCUT2D eigenvalue weighted by molar-refractivity contribution is 5.97. The highest BCUT2D eigenvalue weighted by Crippen LogP contribution is 2.24. The number of nitrogens with one attached hydrogen (secondary N) is 1. The molecule has 0 radical (unpaired) electrons. The summed E-state index contributed by atoms with van der Waals surface area (Å²) >= 11 is 0. The molecule has 1 aromatic heterocycles. The van der Waals surface area contributed by atoms with Crippen molar-refractivity contribution >= 4 is 11.5 Å². The van der Waals surface area contributed by atoms with Gasteiger partial charge in [0.05, 0.1) is 36.2 Å². The van der Waals surface area contributed by atoms with Gasteiger partial charge in [0.1, 0.15) is 11.6 Å². The van der Waals surface area contributed by atoms with Crippen LogP contribution in [0.25, 0.3) is 5.70 Å². The van der Waals surface area contributed by atoms with E-state index >= 15 is 0 Å². The quantitative estimate of drug-likeness (QED) is 0.681. The number of hydrogen-bond acceptors (Lipinski definition) is 5. The van der Waals surface area contributed by atoms with Crippen molar-refractivity contribution in [2.24, 2.45) is 0 Å². The number of hydrogen-bond donors (Lipinski definition) is 1. The topological polar surface area (TPSA) is 65.6 Å². The molecule has 1 atom stereocenters. The van der Waals surface area contributed by atoms with E-state index in [1.807, 2.05) is 38.9 Å². The van der Waals surface area contributed by atoms with Crippen LogP contribution < -0.4 is 0 Å². The largest absolute Gasteiger partial charge is 0.377 e. The molecule has 0 aromatic carbocycles. The zero-order valence-corrected chi connectivity index (χ0v) is 13.4. The maximum absolute atomic E-state index is 8.40. The highest BCUT2D eigenvalue weighted by Gasteiger charge is 2.22. The van der Waals surface area contributed by atoms with Gasteiger partial charge in [0.2, 0.25) is 0 Å². The predicted octanol–water partition coefficient (Wildman–Crippen LogP) is 1.89. The Labute approximate surface area is 125 Å². The van der Waals surface area contributed by atoms with Gasteiger partial charge in [-0.05, 0) is 20.8 Å². The lowest BCUT2D eigenvalue weighted by Crippen LogP contribution is -2.46. The van der Waals surface area contributed by atoms with Crippen LogP contribution >= 0.6 is 0 Å². The number of morpholine rings is 1. The van der Waals surface area contributed by atoms with Crippen molar-refractivity contribution in [3.63, 3.8) is 0 Å². The van der Waals surface area contributed by atoms with E-state index in [-0.39, 0.29) is 6.04 Å². The molecule has 1 aliphatic heterocycles. The van der Waals surface area contributed by atoms with E-state index in [0.717, 1.165) is 29.3 Å². The van der Waals surface area contributed by atoms with Gasteiger partial charge in [0.25, 0.3) is 0 Å². The Morgan fingerprint density at radius 3 is 2.67 bits per heavy atom. The minimum Gasteiger partial charge on any atom is -0.377 e. The van der Waals surface area contributed by atoms with Gasteiger partial charge in [0.15, 0.2) is 0 Å². The molecule has 21 heavy (non-hydrogen) atoms. The summed E-state index contributed by atoms with van der Waals surface area (Å²) in [4.78, 5) is 4.05. The van der Waals surface area contributed by atoms with Crippen molar-refractivity contribution in [2.45, 2.75) is 26.8 Å². The third kappa shape index (κ3) is 3.26. The Balaban J connectivity index is 2.32. The number of ether oxygens (including phenoxy) is 1. The van der Waals surface area contributed by atoms with E-state index in [2.05, 4.69) is 17.0 Å². The molecule has 1 aromatic rings. The van der Waals surface area contributed by atoms with E-state index in [1.54, 1.807) is 0 Å². The zero-order chi connectivity index (χ0) is 15.6. The van der Waals surface area contributed by atoms with Crippen LogP contribution in [0.1, 0.15) is 23.9 Å². The Hall–Kier alpha value is -1.82. The Kier molecular flexibility index (Phi) is 4.67. The molecule has 0 amide bonds. The summed E-state index contributed by atoms with van der Waals surface area (Å²) in [6, 6.07) is 0.218. The van der Waals surface area contributed by atoms with Gasteiger partial charge >= 0.3 is 0 Å². The monoisotopic (exact) mass is 292 g/mol. The molecule has 1 aliphatic rings. The summed E-state index contributed by atoms with van der Waals surface area (Å²) in [7, 11) is 3.93. The molecular formula is C15H24N4O2. The molecule has 0 saturated carbocycles. The van der Waals surface area contributed by atoms with Gasteiger partial charge in [-0.2, -0.15) is 0 Å². The minimum absolute atomic E-state index is 0.218. The molecular weight excluding hydrogens is 268 g/mol. The van der Waals surface area contributed by atoms with Crippen LogP contribution in [0.3, 0.4) is 0 Å². The standard InChI is InChI=1S/C15H24N4O2/c1-10-9-20-7-6-19(10)14(16)8-13(18(4)5)15-11(2)17-21-12(15)3/h8,10,16H,6-7,9H2,1-5H3/b13-8-,16-14?/t10-/m1/s1. The molecule has 6 nitrogen and oxygen atoms in total. The Morgan fingerprint density at radius 2 is 2.14 bits per heavy atom. The number of rotatable bonds is 3. The van der Waals surface area contributed by atoms with Gasteiger partial charge < -0.3 is 19.1 Å². The fourth-order valence-corrected chi connectivity index (χ4v) is 2.57. The number of aromatic nitrogens is 1. The van der Waals surface area contributed by atoms with E-state index in [9.17, 15) is 0 Å². The molecule has 1 N–H and O–H groups in total. The van der Waals surface area contributed by atoms with Gasteiger partial charge in [-0.1, -0.05) is 5.16 Å². The van der Waals surface area contributed by atoms with Crippen LogP contribution in [0, 0.1) is 19.3 Å². The molecule has 0 bridgehead atoms. The molecule has 0 aliphatic carbocycles. The maximum Gasteiger partial charge on any atom is 0.143 e. The second kappa shape index (κ2) is 6.30. The van der Waals surface area contributed by atoms with Gasteiger partial charge in [-0.3, -0.25) is 5.41 Å². The summed E-state index contributed by atoms with van der Waals surface area (Å²) in [6.07, 6.45) is 1.88. The van der Waals surface area contributed by atoms with E-state index in [0.29, 0.717) is 19.0 Å². The summed E-state index contributed by atoms with van der Waals surface area (Å²) < 4.78 is 10.7. The third-order valence-corrected chi connectivity index (χ3v) is 3.72. The van der Waals surface area contributed by atoms with Crippen molar-refractivity contribution in [2.75, 3.05) is 33.9 Å². The Morgan fingerprint density at radius 1 is 1.43 bits per heavy atom. The molecule has 1 saturated heterocycles. The number of amidine groups is 1. The third-order valence-electron chi connectivity index (χ3n) is 3.72. The van der Waals surface area contributed by atoms with E-state index < -0.39 is 0 Å². The predicted molar refractivity (Wildman–Crippen MR) is 82.4 cm³/mol. The van der Waals surface area contributed by atoms with Crippen LogP contribution in [-0.4, -0.2) is 60.7 Å². The van der Waals surface area contributed by atoms with Crippen molar-refractivity contribution in [1.82, 2.24) is 15.0 Å². The van der Waals surface area contributed by atoms with Crippen LogP contribution in [-0.2, 0) is 4.74 Å². The number of nitrogens with zero attached hydrogens (tertiary/aromatic N) is 3. The fourth-order valence-electron chi connectivity index (χ4n) is 2.57. The van der Waals surface area contributed by atoms with Gasteiger partial charge in [-0.25, -0.2) is 0 Å². The molecule has 2 heterocycles. The van der Waals surface area contributed by atoms with Crippen LogP contribution in [0.5, 0.6) is 0 Å². The average molecular weight is 292 g/mol. The zero-order valence-electron chi connectivity index (χ0n) is 13.4. The molecule has 1 fully saturated rings. The lowest BCUT2D eigenvalue weighted by Gasteiger charge is -2.34. The van der Waals surface area contributed by atoms with Crippen molar-refractivity contribution in [1.29, 1.82) is 5.41 Å². The van der Waals surface area contributed by atoms with E-state index in [4.69, 9.17) is 14.7 Å². The SMILES string of the molecule is Cc1noc(C)c1/C(=C/C(=N)N1CCOC[C@H]1C)N(C)C. The van der Waals surface area contributed by atoms with E-state index in [1.165, 1.54) is 0 Å². The lowest BCUT2D eigenvalue weighted by molar-refractivity contribution is 0.0333. The molecule has 0 spiro atoms. The Bertz CT molecular complexity index is 528. The van der Waals surface area contributed by atoms with Crippen LogP contribution in [0.4, 0.5) is 0 Å². The molecule has 116 valence electrons. The number of aryl methyl sites for hydroxylation is 2. The van der Waals surface area contributed by atoms with Gasteiger partial charge in [0, 0.05) is 26.7 Å². The summed E-state index contributed by atoms with van der Waals surface area (Å²) in [5.74, 6) is 1.27. The first-order valence-electron chi connectivity index (χ1n) is 7.17. The highest BCUT2D eigenvalue weighted by atomic mass is 16.5. The molecule has 0 unspecified atom stereocenters. The second-order valence-electron chi connectivity index (χ2n) is 5.63. The lowest BCUT2D eigenvalue weighted by atomic mass is 10.1. The maximum atomic E-state index is 8.40. The second-order valence-corrected chi connectivity index (χ2v) is 5.63. The minimum atomic E-state index is 0.218. The first-order valence-corrected chi connectivity index (χ1v) is 7.17. The first-order chi connectivity index (χ1) is 9.91. The first kappa shape index (κ1) is 15.6.